The molecule has 2 rings (SSSR count). The van der Waals surface area contributed by atoms with Crippen molar-refractivity contribution in [1.29, 1.82) is 0 Å². The Labute approximate surface area is 135 Å². The Kier molecular flexibility index (Phi) is 6.58. The van der Waals surface area contributed by atoms with Gasteiger partial charge in [-0.15, -0.1) is 6.58 Å². The fourth-order valence-corrected chi connectivity index (χ4v) is 2.68. The van der Waals surface area contributed by atoms with Crippen LogP contribution in [0.25, 0.3) is 0 Å². The minimum atomic E-state index is 0.634. The highest BCUT2D eigenvalue weighted by Crippen LogP contribution is 2.37. The van der Waals surface area contributed by atoms with E-state index in [1.807, 2.05) is 13.0 Å². The number of halogens is 1. The summed E-state index contributed by atoms with van der Waals surface area (Å²) in [5.74, 6) is 1.62. The average Bonchev–Trinajstić information content (AvgIpc) is 3.28. The topological polar surface area (TPSA) is 30.5 Å². The van der Waals surface area contributed by atoms with Gasteiger partial charge in [0, 0.05) is 12.6 Å². The maximum Gasteiger partial charge on any atom is 0.175 e. The van der Waals surface area contributed by atoms with Crippen molar-refractivity contribution >= 4 is 15.9 Å². The number of unbranched alkanes of at least 4 members (excludes halogenated alkanes) is 1. The van der Waals surface area contributed by atoms with Crippen LogP contribution in [-0.4, -0.2) is 19.3 Å². The van der Waals surface area contributed by atoms with Crippen LogP contribution in [0.3, 0.4) is 0 Å². The van der Waals surface area contributed by atoms with Crippen LogP contribution in [-0.2, 0) is 6.54 Å². The highest BCUT2D eigenvalue weighted by molar-refractivity contribution is 9.10. The molecule has 1 saturated carbocycles. The zero-order chi connectivity index (χ0) is 15.1. The van der Waals surface area contributed by atoms with Gasteiger partial charge >= 0.3 is 0 Å². The van der Waals surface area contributed by atoms with Crippen LogP contribution < -0.4 is 14.8 Å². The molecule has 21 heavy (non-hydrogen) atoms. The first-order chi connectivity index (χ1) is 10.2. The SMILES string of the molecule is C=CCCCOc1c(Br)cc(CNC2CC2)cc1OCC. The third kappa shape index (κ3) is 5.36. The van der Waals surface area contributed by atoms with Gasteiger partial charge < -0.3 is 14.8 Å². The highest BCUT2D eigenvalue weighted by Gasteiger charge is 2.20. The minimum absolute atomic E-state index is 0.634. The second-order valence-corrected chi connectivity index (χ2v) is 6.13. The van der Waals surface area contributed by atoms with Crippen LogP contribution in [0, 0.1) is 0 Å². The molecule has 1 aliphatic rings. The summed E-state index contributed by atoms with van der Waals surface area (Å²) in [5, 5.41) is 3.52. The number of rotatable bonds is 10. The van der Waals surface area contributed by atoms with Crippen LogP contribution in [0.2, 0.25) is 0 Å². The number of ether oxygens (including phenoxy) is 2. The van der Waals surface area contributed by atoms with Crippen molar-refractivity contribution in [2.75, 3.05) is 13.2 Å². The largest absolute Gasteiger partial charge is 0.490 e. The zero-order valence-corrected chi connectivity index (χ0v) is 14.2. The molecule has 1 aromatic carbocycles. The lowest BCUT2D eigenvalue weighted by molar-refractivity contribution is 0.272. The molecular formula is C17H24BrNO2. The molecule has 0 radical (unpaired) electrons. The Morgan fingerprint density at radius 1 is 1.38 bits per heavy atom. The third-order valence-corrected chi connectivity index (χ3v) is 3.93. The quantitative estimate of drug-likeness (QED) is 0.498. The van der Waals surface area contributed by atoms with Gasteiger partial charge in [0.1, 0.15) is 0 Å². The first kappa shape index (κ1) is 16.4. The molecule has 4 heteroatoms. The van der Waals surface area contributed by atoms with Crippen molar-refractivity contribution in [3.05, 3.63) is 34.8 Å². The van der Waals surface area contributed by atoms with Gasteiger partial charge in [-0.05, 0) is 66.2 Å². The molecule has 0 amide bonds. The summed E-state index contributed by atoms with van der Waals surface area (Å²) in [6, 6.07) is 4.89. The molecular weight excluding hydrogens is 330 g/mol. The molecule has 0 bridgehead atoms. The van der Waals surface area contributed by atoms with Crippen molar-refractivity contribution in [1.82, 2.24) is 5.32 Å². The van der Waals surface area contributed by atoms with Crippen LogP contribution in [0.1, 0.15) is 38.2 Å². The summed E-state index contributed by atoms with van der Waals surface area (Å²) in [6.07, 6.45) is 6.43. The van der Waals surface area contributed by atoms with E-state index in [2.05, 4.69) is 40.0 Å². The van der Waals surface area contributed by atoms with Gasteiger partial charge in [0.2, 0.25) is 0 Å². The van der Waals surface area contributed by atoms with Gasteiger partial charge in [0.05, 0.1) is 17.7 Å². The van der Waals surface area contributed by atoms with Gasteiger partial charge in [-0.25, -0.2) is 0 Å². The number of hydrogen-bond donors (Lipinski definition) is 1. The monoisotopic (exact) mass is 353 g/mol. The summed E-state index contributed by atoms with van der Waals surface area (Å²) in [5.41, 5.74) is 1.22. The molecule has 1 fully saturated rings. The number of nitrogens with one attached hydrogen (secondary N) is 1. The minimum Gasteiger partial charge on any atom is -0.490 e. The van der Waals surface area contributed by atoms with Crippen LogP contribution in [0.15, 0.2) is 29.3 Å². The molecule has 3 nitrogen and oxygen atoms in total. The van der Waals surface area contributed by atoms with Gasteiger partial charge in [0.15, 0.2) is 11.5 Å². The average molecular weight is 354 g/mol. The first-order valence-corrected chi connectivity index (χ1v) is 8.46. The van der Waals surface area contributed by atoms with Gasteiger partial charge in [-0.3, -0.25) is 0 Å². The van der Waals surface area contributed by atoms with Gasteiger partial charge in [0.25, 0.3) is 0 Å². The van der Waals surface area contributed by atoms with Gasteiger partial charge in [-0.2, -0.15) is 0 Å². The van der Waals surface area contributed by atoms with E-state index in [4.69, 9.17) is 9.47 Å². The predicted octanol–water partition coefficient (Wildman–Crippen LogP) is 4.44. The summed E-state index contributed by atoms with van der Waals surface area (Å²) >= 11 is 3.61. The maximum atomic E-state index is 5.88. The lowest BCUT2D eigenvalue weighted by atomic mass is 10.2. The summed E-state index contributed by atoms with van der Waals surface area (Å²) in [4.78, 5) is 0. The molecule has 0 aliphatic heterocycles. The Morgan fingerprint density at radius 2 is 2.19 bits per heavy atom. The van der Waals surface area contributed by atoms with E-state index in [-0.39, 0.29) is 0 Å². The smallest absolute Gasteiger partial charge is 0.175 e. The molecule has 1 aromatic rings. The Hall–Kier alpha value is -1.00. The van der Waals surface area contributed by atoms with E-state index < -0.39 is 0 Å². The van der Waals surface area contributed by atoms with E-state index in [9.17, 15) is 0 Å². The highest BCUT2D eigenvalue weighted by atomic mass is 79.9. The summed E-state index contributed by atoms with van der Waals surface area (Å²) < 4.78 is 12.6. The van der Waals surface area contributed by atoms with E-state index in [1.165, 1.54) is 18.4 Å². The molecule has 116 valence electrons. The third-order valence-electron chi connectivity index (χ3n) is 3.34. The second kappa shape index (κ2) is 8.44. The van der Waals surface area contributed by atoms with E-state index in [1.54, 1.807) is 0 Å². The summed E-state index contributed by atoms with van der Waals surface area (Å²) in [6.45, 7) is 7.90. The Balaban J connectivity index is 2.03. The van der Waals surface area contributed by atoms with E-state index in [0.29, 0.717) is 19.3 Å². The fraction of sp³-hybridized carbons (Fsp3) is 0.529. The van der Waals surface area contributed by atoms with Crippen LogP contribution in [0.5, 0.6) is 11.5 Å². The molecule has 0 aromatic heterocycles. The molecule has 0 heterocycles. The fourth-order valence-electron chi connectivity index (χ4n) is 2.08. The first-order valence-electron chi connectivity index (χ1n) is 7.67. The van der Waals surface area contributed by atoms with Crippen molar-refractivity contribution in [3.8, 4) is 11.5 Å². The standard InChI is InChI=1S/C17H24BrNO2/c1-3-5-6-9-21-17-15(18)10-13(11-16(17)20-4-2)12-19-14-7-8-14/h3,10-11,14,19H,1,4-9,12H2,2H3. The normalized spacial score (nSPS) is 14.0. The maximum absolute atomic E-state index is 5.88. The van der Waals surface area contributed by atoms with Gasteiger partial charge in [-0.1, -0.05) is 6.08 Å². The van der Waals surface area contributed by atoms with Crippen molar-refractivity contribution in [2.24, 2.45) is 0 Å². The van der Waals surface area contributed by atoms with E-state index >= 15 is 0 Å². The predicted molar refractivity (Wildman–Crippen MR) is 90.1 cm³/mol. The van der Waals surface area contributed by atoms with E-state index in [0.717, 1.165) is 35.4 Å². The molecule has 0 atom stereocenters. The second-order valence-electron chi connectivity index (χ2n) is 5.27. The number of benzene rings is 1. The molecule has 0 spiro atoms. The van der Waals surface area contributed by atoms with Crippen molar-refractivity contribution in [3.63, 3.8) is 0 Å². The van der Waals surface area contributed by atoms with Crippen LogP contribution >= 0.6 is 15.9 Å². The number of hydrogen-bond acceptors (Lipinski definition) is 3. The molecule has 1 aliphatic carbocycles. The Bertz CT molecular complexity index is 472. The zero-order valence-electron chi connectivity index (χ0n) is 12.7. The van der Waals surface area contributed by atoms with Crippen LogP contribution in [0.4, 0.5) is 0 Å². The molecule has 1 N–H and O–H groups in total. The summed E-state index contributed by atoms with van der Waals surface area (Å²) in [7, 11) is 0. The molecule has 0 unspecified atom stereocenters. The molecule has 0 saturated heterocycles. The lowest BCUT2D eigenvalue weighted by Gasteiger charge is -2.15. The van der Waals surface area contributed by atoms with Crippen molar-refractivity contribution < 1.29 is 9.47 Å². The lowest BCUT2D eigenvalue weighted by Crippen LogP contribution is -2.15. The number of allylic oxidation sites excluding steroid dienone is 1. The Morgan fingerprint density at radius 3 is 2.86 bits per heavy atom. The van der Waals surface area contributed by atoms with Crippen molar-refractivity contribution in [2.45, 2.75) is 45.2 Å².